The lowest BCUT2D eigenvalue weighted by Crippen LogP contribution is -2.45. The standard InChI is InChI=1S/C20H27FN2O4/c1-19(2,3)27-18(25)23-10-8-20(21,9-11-23)14-6-7-15(16(24)13-22-4)17(12-14)26-5/h6-7,12,16,24H,8-11,13H2,1-3,5H3. The molecule has 0 saturated carbocycles. The molecule has 1 fully saturated rings. The van der Waals surface area contributed by atoms with Crippen LogP contribution in [0, 0.1) is 6.57 Å². The Morgan fingerprint density at radius 2 is 2.04 bits per heavy atom. The summed E-state index contributed by atoms with van der Waals surface area (Å²) in [5.41, 5.74) is -1.26. The van der Waals surface area contributed by atoms with Gasteiger partial charge in [0.15, 0.2) is 6.10 Å². The molecule has 27 heavy (non-hydrogen) atoms. The molecule has 6 nitrogen and oxygen atoms in total. The van der Waals surface area contributed by atoms with E-state index in [2.05, 4.69) is 4.85 Å². The second kappa shape index (κ2) is 8.13. The van der Waals surface area contributed by atoms with Crippen LogP contribution in [0.2, 0.25) is 0 Å². The first-order valence-electron chi connectivity index (χ1n) is 8.96. The van der Waals surface area contributed by atoms with Crippen molar-refractivity contribution in [1.29, 1.82) is 0 Å². The van der Waals surface area contributed by atoms with Crippen LogP contribution in [0.4, 0.5) is 9.18 Å². The molecule has 148 valence electrons. The average Bonchev–Trinajstić information content (AvgIpc) is 2.60. The van der Waals surface area contributed by atoms with Gasteiger partial charge in [0.05, 0.1) is 7.11 Å². The summed E-state index contributed by atoms with van der Waals surface area (Å²) in [6.07, 6.45) is -1.10. The van der Waals surface area contributed by atoms with Crippen LogP contribution >= 0.6 is 0 Å². The fraction of sp³-hybridized carbons (Fsp3) is 0.600. The summed E-state index contributed by atoms with van der Waals surface area (Å²) in [6.45, 7) is 12.7. The Kier molecular flexibility index (Phi) is 6.32. The third-order valence-corrected chi connectivity index (χ3v) is 4.58. The summed E-state index contributed by atoms with van der Waals surface area (Å²) in [4.78, 5) is 16.9. The molecular weight excluding hydrogens is 351 g/mol. The van der Waals surface area contributed by atoms with Crippen molar-refractivity contribution in [2.45, 2.75) is 51.0 Å². The Bertz CT molecular complexity index is 716. The quantitative estimate of drug-likeness (QED) is 0.809. The highest BCUT2D eigenvalue weighted by Gasteiger charge is 2.39. The van der Waals surface area contributed by atoms with Crippen molar-refractivity contribution in [3.63, 3.8) is 0 Å². The van der Waals surface area contributed by atoms with Crippen molar-refractivity contribution in [2.75, 3.05) is 26.7 Å². The van der Waals surface area contributed by atoms with Crippen molar-refractivity contribution < 1.29 is 23.8 Å². The van der Waals surface area contributed by atoms with Crippen molar-refractivity contribution in [1.82, 2.24) is 4.90 Å². The minimum atomic E-state index is -1.59. The van der Waals surface area contributed by atoms with Crippen LogP contribution in [-0.4, -0.2) is 48.4 Å². The van der Waals surface area contributed by atoms with E-state index in [9.17, 15) is 9.90 Å². The number of hydrogen-bond acceptors (Lipinski definition) is 4. The highest BCUT2D eigenvalue weighted by Crippen LogP contribution is 2.40. The molecular formula is C20H27FN2O4. The third kappa shape index (κ3) is 5.10. The molecule has 1 aliphatic heterocycles. The Morgan fingerprint density at radius 3 is 2.56 bits per heavy atom. The summed E-state index contributed by atoms with van der Waals surface area (Å²) < 4.78 is 26.2. The highest BCUT2D eigenvalue weighted by molar-refractivity contribution is 5.68. The highest BCUT2D eigenvalue weighted by atomic mass is 19.1. The van der Waals surface area contributed by atoms with Gasteiger partial charge in [0.1, 0.15) is 17.0 Å². The predicted molar refractivity (Wildman–Crippen MR) is 99.2 cm³/mol. The first kappa shape index (κ1) is 21.0. The van der Waals surface area contributed by atoms with Crippen LogP contribution in [0.1, 0.15) is 50.8 Å². The number of aliphatic hydroxyl groups excluding tert-OH is 1. The van der Waals surface area contributed by atoms with Gasteiger partial charge in [-0.25, -0.2) is 15.8 Å². The molecule has 1 unspecified atom stereocenters. The van der Waals surface area contributed by atoms with Gasteiger partial charge in [-0.3, -0.25) is 0 Å². The van der Waals surface area contributed by atoms with Gasteiger partial charge in [-0.1, -0.05) is 12.1 Å². The zero-order valence-corrected chi connectivity index (χ0v) is 16.3. The van der Waals surface area contributed by atoms with E-state index in [4.69, 9.17) is 16.0 Å². The van der Waals surface area contributed by atoms with Crippen LogP contribution in [0.3, 0.4) is 0 Å². The molecule has 0 bridgehead atoms. The van der Waals surface area contributed by atoms with Crippen molar-refractivity contribution in [2.24, 2.45) is 0 Å². The Morgan fingerprint density at radius 1 is 1.41 bits per heavy atom. The van der Waals surface area contributed by atoms with Crippen molar-refractivity contribution in [3.05, 3.63) is 40.7 Å². The second-order valence-corrected chi connectivity index (χ2v) is 7.75. The SMILES string of the molecule is [C-]#[N+]CC(O)c1ccc(C2(F)CCN(C(=O)OC(C)(C)C)CC2)cc1OC. The number of piperidine rings is 1. The van der Waals surface area contributed by atoms with Gasteiger partial charge >= 0.3 is 6.09 Å². The number of nitrogens with zero attached hydrogens (tertiary/aromatic N) is 2. The van der Waals surface area contributed by atoms with Gasteiger partial charge < -0.3 is 24.3 Å². The largest absolute Gasteiger partial charge is 0.496 e. The minimum absolute atomic E-state index is 0.0820. The lowest BCUT2D eigenvalue weighted by Gasteiger charge is -2.37. The molecule has 1 aliphatic rings. The van der Waals surface area contributed by atoms with Crippen LogP contribution in [0.15, 0.2) is 18.2 Å². The summed E-state index contributed by atoms with van der Waals surface area (Å²) >= 11 is 0. The fourth-order valence-electron chi connectivity index (χ4n) is 3.11. The van der Waals surface area contributed by atoms with Gasteiger partial charge in [-0.15, -0.1) is 0 Å². The molecule has 1 amide bonds. The first-order valence-corrected chi connectivity index (χ1v) is 8.96. The number of ether oxygens (including phenoxy) is 2. The minimum Gasteiger partial charge on any atom is -0.496 e. The molecule has 7 heteroatoms. The number of alkyl halides is 1. The monoisotopic (exact) mass is 378 g/mol. The summed E-state index contributed by atoms with van der Waals surface area (Å²) in [7, 11) is 1.45. The topological polar surface area (TPSA) is 63.4 Å². The molecule has 1 aromatic carbocycles. The van der Waals surface area contributed by atoms with E-state index in [1.165, 1.54) is 12.0 Å². The van der Waals surface area contributed by atoms with Gasteiger partial charge in [0.2, 0.25) is 6.54 Å². The van der Waals surface area contributed by atoms with Crippen LogP contribution < -0.4 is 4.74 Å². The maximum Gasteiger partial charge on any atom is 0.410 e. The molecule has 1 heterocycles. The van der Waals surface area contributed by atoms with Gasteiger partial charge in [0.25, 0.3) is 0 Å². The smallest absolute Gasteiger partial charge is 0.410 e. The van der Waals surface area contributed by atoms with Crippen molar-refractivity contribution >= 4 is 6.09 Å². The van der Waals surface area contributed by atoms with Crippen LogP contribution in [0.25, 0.3) is 4.85 Å². The third-order valence-electron chi connectivity index (χ3n) is 4.58. The number of carbonyl (C=O) groups excluding carboxylic acids is 1. The number of halogens is 1. The number of aliphatic hydroxyl groups is 1. The van der Waals surface area contributed by atoms with E-state index < -0.39 is 23.5 Å². The van der Waals surface area contributed by atoms with E-state index in [1.54, 1.807) is 39.0 Å². The fourth-order valence-corrected chi connectivity index (χ4v) is 3.11. The number of likely N-dealkylation sites (tertiary alicyclic amines) is 1. The Labute approximate surface area is 159 Å². The number of hydrogen-bond donors (Lipinski definition) is 1. The maximum absolute atomic E-state index is 15.5. The van der Waals surface area contributed by atoms with E-state index in [1.807, 2.05) is 0 Å². The Balaban J connectivity index is 2.13. The molecule has 0 aromatic heterocycles. The summed E-state index contributed by atoms with van der Waals surface area (Å²) in [5.74, 6) is 0.357. The molecule has 1 N–H and O–H groups in total. The van der Waals surface area contributed by atoms with Crippen LogP contribution in [0.5, 0.6) is 5.75 Å². The number of methoxy groups -OCH3 is 1. The lowest BCUT2D eigenvalue weighted by atomic mass is 9.85. The number of rotatable bonds is 4. The van der Waals surface area contributed by atoms with Gasteiger partial charge in [-0.05, 0) is 32.4 Å². The zero-order valence-electron chi connectivity index (χ0n) is 16.3. The van der Waals surface area contributed by atoms with Crippen molar-refractivity contribution in [3.8, 4) is 5.75 Å². The van der Waals surface area contributed by atoms with Crippen LogP contribution in [-0.2, 0) is 10.4 Å². The first-order chi connectivity index (χ1) is 12.6. The molecule has 0 spiro atoms. The number of amides is 1. The van der Waals surface area contributed by atoms with E-state index in [0.29, 0.717) is 16.9 Å². The molecule has 2 rings (SSSR count). The normalized spacial score (nSPS) is 17.7. The van der Waals surface area contributed by atoms with Gasteiger partial charge in [-0.2, -0.15) is 0 Å². The summed E-state index contributed by atoms with van der Waals surface area (Å²) in [5, 5.41) is 10.0. The second-order valence-electron chi connectivity index (χ2n) is 7.75. The molecule has 0 radical (unpaired) electrons. The summed E-state index contributed by atoms with van der Waals surface area (Å²) in [6, 6.07) is 4.80. The van der Waals surface area contributed by atoms with E-state index in [-0.39, 0.29) is 32.5 Å². The average molecular weight is 378 g/mol. The molecule has 1 aromatic rings. The zero-order chi connectivity index (χ0) is 20.2. The molecule has 1 saturated heterocycles. The molecule has 0 aliphatic carbocycles. The Hall–Kier alpha value is -2.33. The van der Waals surface area contributed by atoms with E-state index in [0.717, 1.165) is 0 Å². The lowest BCUT2D eigenvalue weighted by molar-refractivity contribution is 0.00213. The number of benzene rings is 1. The van der Waals surface area contributed by atoms with E-state index >= 15 is 4.39 Å². The maximum atomic E-state index is 15.5. The number of carbonyl (C=O) groups is 1. The molecule has 1 atom stereocenters. The van der Waals surface area contributed by atoms with Gasteiger partial charge in [0, 0.05) is 31.5 Å². The predicted octanol–water partition coefficient (Wildman–Crippen LogP) is 3.84.